The Morgan fingerprint density at radius 2 is 1.86 bits per heavy atom. The summed E-state index contributed by atoms with van der Waals surface area (Å²) in [6.45, 7) is 0.589. The molecule has 0 aliphatic heterocycles. The number of hydrogen-bond donors (Lipinski definition) is 2. The van der Waals surface area contributed by atoms with Gasteiger partial charge in [-0.1, -0.05) is 30.3 Å². The summed E-state index contributed by atoms with van der Waals surface area (Å²) >= 11 is 0. The number of rotatable bonds is 4. The second kappa shape index (κ2) is 6.48. The van der Waals surface area contributed by atoms with E-state index in [4.69, 9.17) is 4.74 Å². The van der Waals surface area contributed by atoms with Crippen molar-refractivity contribution in [2.45, 2.75) is 38.3 Å². The lowest BCUT2D eigenvalue weighted by molar-refractivity contribution is 0.105. The number of alkyl carbamates (subject to hydrolysis) is 1. The molecule has 2 N–H and O–H groups in total. The predicted molar refractivity (Wildman–Crippen MR) is 79.6 cm³/mol. The van der Waals surface area contributed by atoms with Gasteiger partial charge in [0.2, 0.25) is 0 Å². The fourth-order valence-corrected chi connectivity index (χ4v) is 3.94. The van der Waals surface area contributed by atoms with Crippen molar-refractivity contribution >= 4 is 6.09 Å². The first-order chi connectivity index (χ1) is 10.3. The normalized spacial score (nSPS) is 30.9. The van der Waals surface area contributed by atoms with Gasteiger partial charge in [-0.15, -0.1) is 0 Å². The van der Waals surface area contributed by atoms with Gasteiger partial charge >= 0.3 is 6.09 Å². The first-order valence-corrected chi connectivity index (χ1v) is 7.84. The highest BCUT2D eigenvalue weighted by molar-refractivity contribution is 5.67. The largest absolute Gasteiger partial charge is 0.445 e. The fraction of sp³-hybridized carbons (Fsp3) is 0.588. The van der Waals surface area contributed by atoms with Crippen molar-refractivity contribution in [2.24, 2.45) is 17.8 Å². The van der Waals surface area contributed by atoms with Crippen molar-refractivity contribution in [1.29, 1.82) is 0 Å². The van der Waals surface area contributed by atoms with E-state index in [-0.39, 0.29) is 18.7 Å². The molecule has 114 valence electrons. The molecule has 4 heteroatoms. The van der Waals surface area contributed by atoms with Crippen molar-refractivity contribution in [3.05, 3.63) is 35.9 Å². The van der Waals surface area contributed by atoms with Crippen LogP contribution >= 0.6 is 0 Å². The van der Waals surface area contributed by atoms with E-state index in [2.05, 4.69) is 5.32 Å². The summed E-state index contributed by atoms with van der Waals surface area (Å²) in [6, 6.07) is 9.95. The second-order valence-corrected chi connectivity index (χ2v) is 6.35. The SMILES string of the molecule is O=C(NC1[C@@H]2CC[C@H]1CC(CO)C2)OCc1ccccc1. The zero-order valence-electron chi connectivity index (χ0n) is 12.2. The Morgan fingerprint density at radius 1 is 1.19 bits per heavy atom. The molecule has 1 aromatic rings. The molecule has 2 bridgehead atoms. The molecular weight excluding hydrogens is 266 g/mol. The third-order valence-electron chi connectivity index (χ3n) is 4.95. The molecule has 4 nitrogen and oxygen atoms in total. The van der Waals surface area contributed by atoms with Gasteiger partial charge < -0.3 is 15.2 Å². The molecule has 4 atom stereocenters. The van der Waals surface area contributed by atoms with Crippen molar-refractivity contribution in [1.82, 2.24) is 5.32 Å². The number of hydrogen-bond acceptors (Lipinski definition) is 3. The number of benzene rings is 1. The van der Waals surface area contributed by atoms with Crippen LogP contribution in [-0.4, -0.2) is 23.8 Å². The van der Waals surface area contributed by atoms with Gasteiger partial charge in [-0.3, -0.25) is 0 Å². The van der Waals surface area contributed by atoms with Gasteiger partial charge in [0.25, 0.3) is 0 Å². The fourth-order valence-electron chi connectivity index (χ4n) is 3.94. The molecule has 2 unspecified atom stereocenters. The van der Waals surface area contributed by atoms with Crippen LogP contribution in [0.15, 0.2) is 30.3 Å². The Balaban J connectivity index is 1.49. The first-order valence-electron chi connectivity index (χ1n) is 7.84. The van der Waals surface area contributed by atoms with Crippen LogP contribution in [0.5, 0.6) is 0 Å². The van der Waals surface area contributed by atoms with Crippen LogP contribution in [0, 0.1) is 17.8 Å². The number of ether oxygens (including phenoxy) is 1. The lowest BCUT2D eigenvalue weighted by Gasteiger charge is -2.34. The van der Waals surface area contributed by atoms with Crippen LogP contribution in [0.2, 0.25) is 0 Å². The second-order valence-electron chi connectivity index (χ2n) is 6.35. The van der Waals surface area contributed by atoms with Gasteiger partial charge in [0.05, 0.1) is 0 Å². The van der Waals surface area contributed by atoms with Crippen LogP contribution in [0.4, 0.5) is 4.79 Å². The van der Waals surface area contributed by atoms with Gasteiger partial charge in [0, 0.05) is 12.6 Å². The third-order valence-corrected chi connectivity index (χ3v) is 4.95. The molecule has 0 spiro atoms. The van der Waals surface area contributed by atoms with Gasteiger partial charge in [-0.05, 0) is 49.0 Å². The lowest BCUT2D eigenvalue weighted by atomic mass is 9.78. The van der Waals surface area contributed by atoms with Gasteiger partial charge in [0.15, 0.2) is 0 Å². The Kier molecular flexibility index (Phi) is 4.44. The average Bonchev–Trinajstić information content (AvgIpc) is 2.75. The van der Waals surface area contributed by atoms with E-state index in [1.807, 2.05) is 30.3 Å². The topological polar surface area (TPSA) is 58.6 Å². The number of amides is 1. The smallest absolute Gasteiger partial charge is 0.407 e. The van der Waals surface area contributed by atoms with Gasteiger partial charge in [-0.2, -0.15) is 0 Å². The summed E-state index contributed by atoms with van der Waals surface area (Å²) in [5.74, 6) is 1.43. The average molecular weight is 289 g/mol. The van der Waals surface area contributed by atoms with E-state index in [0.717, 1.165) is 31.2 Å². The number of nitrogens with one attached hydrogen (secondary N) is 1. The highest BCUT2D eigenvalue weighted by Crippen LogP contribution is 2.44. The summed E-state index contributed by atoms with van der Waals surface area (Å²) < 4.78 is 5.31. The van der Waals surface area contributed by atoms with Crippen LogP contribution in [0.3, 0.4) is 0 Å². The van der Waals surface area contributed by atoms with E-state index in [1.165, 1.54) is 0 Å². The minimum atomic E-state index is -0.316. The van der Waals surface area contributed by atoms with Gasteiger partial charge in [-0.25, -0.2) is 4.79 Å². The van der Waals surface area contributed by atoms with E-state index in [1.54, 1.807) is 0 Å². The molecule has 2 fully saturated rings. The Bertz CT molecular complexity index is 462. The monoisotopic (exact) mass is 289 g/mol. The van der Waals surface area contributed by atoms with Crippen LogP contribution < -0.4 is 5.32 Å². The zero-order chi connectivity index (χ0) is 14.7. The third kappa shape index (κ3) is 3.38. The maximum absolute atomic E-state index is 12.0. The van der Waals surface area contributed by atoms with Crippen LogP contribution in [-0.2, 0) is 11.3 Å². The van der Waals surface area contributed by atoms with Crippen molar-refractivity contribution in [2.75, 3.05) is 6.61 Å². The van der Waals surface area contributed by atoms with Crippen molar-refractivity contribution < 1.29 is 14.6 Å². The zero-order valence-corrected chi connectivity index (χ0v) is 12.2. The number of fused-ring (bicyclic) bond motifs is 2. The lowest BCUT2D eigenvalue weighted by Crippen LogP contribution is -2.45. The molecule has 0 heterocycles. The summed E-state index contributed by atoms with van der Waals surface area (Å²) in [4.78, 5) is 12.0. The minimum absolute atomic E-state index is 0.232. The Labute approximate surface area is 125 Å². The quantitative estimate of drug-likeness (QED) is 0.896. The highest BCUT2D eigenvalue weighted by atomic mass is 16.5. The summed E-state index contributed by atoms with van der Waals surface area (Å²) in [7, 11) is 0. The Hall–Kier alpha value is -1.55. The molecule has 0 saturated heterocycles. The molecule has 3 rings (SSSR count). The van der Waals surface area contributed by atoms with Crippen LogP contribution in [0.1, 0.15) is 31.2 Å². The maximum Gasteiger partial charge on any atom is 0.407 e. The molecule has 1 amide bonds. The standard InChI is InChI=1S/C17H23NO3/c19-10-13-8-14-6-7-15(9-13)16(14)18-17(20)21-11-12-4-2-1-3-5-12/h1-5,13-16,19H,6-11H2,(H,18,20)/t13?,14-,15+,16?. The summed E-state index contributed by atoms with van der Waals surface area (Å²) in [5, 5.41) is 12.4. The number of aliphatic hydroxyl groups is 1. The summed E-state index contributed by atoms with van der Waals surface area (Å²) in [6.07, 6.45) is 4.05. The molecular formula is C17H23NO3. The van der Waals surface area contributed by atoms with E-state index >= 15 is 0 Å². The molecule has 2 aliphatic carbocycles. The molecule has 21 heavy (non-hydrogen) atoms. The molecule has 2 aliphatic rings. The summed E-state index contributed by atoms with van der Waals surface area (Å²) in [5.41, 5.74) is 1.000. The predicted octanol–water partition coefficient (Wildman–Crippen LogP) is 2.71. The molecule has 0 aromatic heterocycles. The van der Waals surface area contributed by atoms with Crippen molar-refractivity contribution in [3.8, 4) is 0 Å². The van der Waals surface area contributed by atoms with E-state index in [0.29, 0.717) is 24.4 Å². The number of aliphatic hydroxyl groups excluding tert-OH is 1. The molecule has 2 saturated carbocycles. The number of carbonyl (C=O) groups is 1. The van der Waals surface area contributed by atoms with Gasteiger partial charge in [0.1, 0.15) is 6.61 Å². The highest BCUT2D eigenvalue weighted by Gasteiger charge is 2.43. The molecule has 0 radical (unpaired) electrons. The van der Waals surface area contributed by atoms with Crippen molar-refractivity contribution in [3.63, 3.8) is 0 Å². The maximum atomic E-state index is 12.0. The first kappa shape index (κ1) is 14.4. The van der Waals surface area contributed by atoms with E-state index < -0.39 is 0 Å². The van der Waals surface area contributed by atoms with E-state index in [9.17, 15) is 9.90 Å². The van der Waals surface area contributed by atoms with Crippen LogP contribution in [0.25, 0.3) is 0 Å². The minimum Gasteiger partial charge on any atom is -0.445 e. The number of carbonyl (C=O) groups excluding carboxylic acids is 1. The molecule has 1 aromatic carbocycles. The Morgan fingerprint density at radius 3 is 2.48 bits per heavy atom.